The number of carbonyl (C=O) groups excluding carboxylic acids is 2. The molecule has 1 rings (SSSR count). The Bertz CT molecular complexity index is 650. The number of amides is 2. The lowest BCUT2D eigenvalue weighted by molar-refractivity contribution is -0.141. The molecule has 0 saturated heterocycles. The normalized spacial score (nSPS) is 11.6. The van der Waals surface area contributed by atoms with Gasteiger partial charge in [0.15, 0.2) is 0 Å². The monoisotopic (exact) mass is 328 g/mol. The second-order valence-corrected chi connectivity index (χ2v) is 7.19. The predicted molar refractivity (Wildman–Crippen MR) is 80.7 cm³/mol. The number of carbonyl (C=O) groups is 2. The number of hydrogen-bond donors (Lipinski definition) is 2. The fraction of sp³-hybridized carbons (Fsp3) is 0.429. The largest absolute Gasteiger partial charge is 0.469 e. The van der Waals surface area contributed by atoms with Gasteiger partial charge in [-0.05, 0) is 32.9 Å². The van der Waals surface area contributed by atoms with Crippen molar-refractivity contribution >= 4 is 22.0 Å². The van der Waals surface area contributed by atoms with Crippen LogP contribution in [0.1, 0.15) is 25.8 Å². The SMILES string of the molecule is COC(=O)CC(C)(C)NC(=O)NS(=O)(=O)c1ccc(C)cc1. The Balaban J connectivity index is 2.75. The van der Waals surface area contributed by atoms with Crippen LogP contribution in [0.3, 0.4) is 0 Å². The van der Waals surface area contributed by atoms with Crippen LogP contribution in [-0.4, -0.2) is 33.1 Å². The Morgan fingerprint density at radius 1 is 1.18 bits per heavy atom. The average molecular weight is 328 g/mol. The molecule has 0 aliphatic carbocycles. The highest BCUT2D eigenvalue weighted by Crippen LogP contribution is 2.11. The van der Waals surface area contributed by atoms with Crippen LogP contribution in [-0.2, 0) is 19.6 Å². The summed E-state index contributed by atoms with van der Waals surface area (Å²) in [6.45, 7) is 5.00. The Labute approximate surface area is 130 Å². The molecule has 0 aliphatic heterocycles. The van der Waals surface area contributed by atoms with Gasteiger partial charge in [-0.2, -0.15) is 0 Å². The van der Waals surface area contributed by atoms with E-state index in [0.29, 0.717) is 0 Å². The molecule has 2 amide bonds. The van der Waals surface area contributed by atoms with E-state index in [1.54, 1.807) is 26.0 Å². The lowest BCUT2D eigenvalue weighted by Crippen LogP contribution is -2.50. The van der Waals surface area contributed by atoms with Gasteiger partial charge in [0.25, 0.3) is 10.0 Å². The van der Waals surface area contributed by atoms with Crippen LogP contribution in [0.15, 0.2) is 29.2 Å². The first kappa shape index (κ1) is 18.0. The number of urea groups is 1. The summed E-state index contributed by atoms with van der Waals surface area (Å²) in [5.74, 6) is -0.508. The maximum atomic E-state index is 12.1. The third-order valence-electron chi connectivity index (χ3n) is 2.82. The van der Waals surface area contributed by atoms with E-state index >= 15 is 0 Å². The van der Waals surface area contributed by atoms with Crippen LogP contribution >= 0.6 is 0 Å². The molecule has 0 unspecified atom stereocenters. The number of nitrogens with one attached hydrogen (secondary N) is 2. The van der Waals surface area contributed by atoms with Crippen molar-refractivity contribution in [3.63, 3.8) is 0 Å². The van der Waals surface area contributed by atoms with Gasteiger partial charge in [-0.3, -0.25) is 4.79 Å². The van der Waals surface area contributed by atoms with Crippen molar-refractivity contribution < 1.29 is 22.7 Å². The van der Waals surface area contributed by atoms with E-state index in [9.17, 15) is 18.0 Å². The van der Waals surface area contributed by atoms with Crippen LogP contribution in [0.2, 0.25) is 0 Å². The highest BCUT2D eigenvalue weighted by Gasteiger charge is 2.27. The summed E-state index contributed by atoms with van der Waals surface area (Å²) in [6, 6.07) is 5.17. The first-order valence-electron chi connectivity index (χ1n) is 6.54. The summed E-state index contributed by atoms with van der Waals surface area (Å²) in [4.78, 5) is 23.1. The zero-order chi connectivity index (χ0) is 17.0. The third kappa shape index (κ3) is 5.36. The second kappa shape index (κ2) is 6.78. The lowest BCUT2D eigenvalue weighted by atomic mass is 10.0. The maximum Gasteiger partial charge on any atom is 0.329 e. The summed E-state index contributed by atoms with van der Waals surface area (Å²) < 4.78 is 30.5. The van der Waals surface area contributed by atoms with E-state index in [1.807, 2.05) is 11.6 Å². The van der Waals surface area contributed by atoms with Gasteiger partial charge in [0.1, 0.15) is 0 Å². The Kier molecular flexibility index (Phi) is 5.54. The summed E-state index contributed by atoms with van der Waals surface area (Å²) in [6.07, 6.45) is -0.0818. The zero-order valence-corrected chi connectivity index (χ0v) is 13.8. The fourth-order valence-corrected chi connectivity index (χ4v) is 2.62. The number of sulfonamides is 1. The number of benzene rings is 1. The van der Waals surface area contributed by atoms with Crippen molar-refractivity contribution in [2.75, 3.05) is 7.11 Å². The average Bonchev–Trinajstić information content (AvgIpc) is 2.36. The third-order valence-corrected chi connectivity index (χ3v) is 4.17. The van der Waals surface area contributed by atoms with Gasteiger partial charge in [0, 0.05) is 5.54 Å². The van der Waals surface area contributed by atoms with Gasteiger partial charge in [0.2, 0.25) is 0 Å². The maximum absolute atomic E-state index is 12.1. The van der Waals surface area contributed by atoms with Crippen molar-refractivity contribution in [2.45, 2.75) is 37.6 Å². The van der Waals surface area contributed by atoms with Gasteiger partial charge in [-0.15, -0.1) is 0 Å². The van der Waals surface area contributed by atoms with Crippen molar-refractivity contribution in [2.24, 2.45) is 0 Å². The molecule has 1 aromatic carbocycles. The molecule has 122 valence electrons. The van der Waals surface area contributed by atoms with Crippen molar-refractivity contribution in [3.8, 4) is 0 Å². The van der Waals surface area contributed by atoms with Crippen molar-refractivity contribution in [1.29, 1.82) is 0 Å². The standard InChI is InChI=1S/C14H20N2O5S/c1-10-5-7-11(8-6-10)22(19,20)16-13(18)15-14(2,3)9-12(17)21-4/h5-8H,9H2,1-4H3,(H2,15,16,18). The molecule has 0 aromatic heterocycles. The van der Waals surface area contributed by atoms with Crippen LogP contribution in [0.4, 0.5) is 4.79 Å². The number of esters is 1. The van der Waals surface area contributed by atoms with Crippen LogP contribution in [0.25, 0.3) is 0 Å². The van der Waals surface area contributed by atoms with Gasteiger partial charge in [-0.1, -0.05) is 17.7 Å². The molecule has 2 N–H and O–H groups in total. The molecule has 1 aromatic rings. The van der Waals surface area contributed by atoms with E-state index in [1.165, 1.54) is 19.2 Å². The van der Waals surface area contributed by atoms with E-state index in [0.717, 1.165) is 5.56 Å². The minimum Gasteiger partial charge on any atom is -0.469 e. The lowest BCUT2D eigenvalue weighted by Gasteiger charge is -2.24. The predicted octanol–water partition coefficient (Wildman–Crippen LogP) is 1.32. The highest BCUT2D eigenvalue weighted by atomic mass is 32.2. The molecule has 0 fully saturated rings. The smallest absolute Gasteiger partial charge is 0.329 e. The fourth-order valence-electron chi connectivity index (χ4n) is 1.71. The van der Waals surface area contributed by atoms with Gasteiger partial charge in [-0.25, -0.2) is 17.9 Å². The molecule has 8 heteroatoms. The second-order valence-electron chi connectivity index (χ2n) is 5.51. The summed E-state index contributed by atoms with van der Waals surface area (Å²) in [5.41, 5.74) is -0.0393. The number of aryl methyl sites for hydroxylation is 1. The molecule has 0 aliphatic rings. The Morgan fingerprint density at radius 3 is 2.23 bits per heavy atom. The molecule has 0 atom stereocenters. The zero-order valence-electron chi connectivity index (χ0n) is 13.0. The number of methoxy groups -OCH3 is 1. The van der Waals surface area contributed by atoms with Gasteiger partial charge < -0.3 is 10.1 Å². The molecular weight excluding hydrogens is 308 g/mol. The van der Waals surface area contributed by atoms with Crippen molar-refractivity contribution in [1.82, 2.24) is 10.0 Å². The molecule has 22 heavy (non-hydrogen) atoms. The van der Waals surface area contributed by atoms with Crippen LogP contribution < -0.4 is 10.0 Å². The Morgan fingerprint density at radius 2 is 1.73 bits per heavy atom. The summed E-state index contributed by atoms with van der Waals surface area (Å²) in [5, 5.41) is 2.43. The molecule has 0 saturated carbocycles. The van der Waals surface area contributed by atoms with Crippen molar-refractivity contribution in [3.05, 3.63) is 29.8 Å². The van der Waals surface area contributed by atoms with Gasteiger partial charge >= 0.3 is 12.0 Å². The van der Waals surface area contributed by atoms with E-state index in [2.05, 4.69) is 10.1 Å². The minimum absolute atomic E-state index is 0.0148. The first-order chi connectivity index (χ1) is 10.1. The molecular formula is C14H20N2O5S. The van der Waals surface area contributed by atoms with Crippen LogP contribution in [0, 0.1) is 6.92 Å². The molecule has 0 radical (unpaired) electrons. The minimum atomic E-state index is -3.96. The summed E-state index contributed by atoms with van der Waals surface area (Å²) in [7, 11) is -2.72. The molecule has 7 nitrogen and oxygen atoms in total. The van der Waals surface area contributed by atoms with E-state index < -0.39 is 27.6 Å². The first-order valence-corrected chi connectivity index (χ1v) is 8.02. The van der Waals surface area contributed by atoms with E-state index in [4.69, 9.17) is 0 Å². The molecule has 0 bridgehead atoms. The van der Waals surface area contributed by atoms with E-state index in [-0.39, 0.29) is 11.3 Å². The van der Waals surface area contributed by atoms with Crippen LogP contribution in [0.5, 0.6) is 0 Å². The number of rotatable bonds is 5. The quantitative estimate of drug-likeness (QED) is 0.794. The highest BCUT2D eigenvalue weighted by molar-refractivity contribution is 7.90. The number of hydrogen-bond acceptors (Lipinski definition) is 5. The number of ether oxygens (including phenoxy) is 1. The van der Waals surface area contributed by atoms with Gasteiger partial charge in [0.05, 0.1) is 18.4 Å². The summed E-state index contributed by atoms with van der Waals surface area (Å²) >= 11 is 0. The molecule has 0 heterocycles. The molecule has 0 spiro atoms. The topological polar surface area (TPSA) is 102 Å². The Hall–Kier alpha value is -2.09.